The zero-order chi connectivity index (χ0) is 27.2. The van der Waals surface area contributed by atoms with E-state index in [2.05, 4.69) is 68.6 Å². The highest BCUT2D eigenvalue weighted by molar-refractivity contribution is 6.30. The van der Waals surface area contributed by atoms with Crippen LogP contribution in [0.5, 0.6) is 0 Å². The summed E-state index contributed by atoms with van der Waals surface area (Å²) in [5.41, 5.74) is 6.66. The first kappa shape index (κ1) is 27.4. The molecule has 2 atom stereocenters. The number of rotatable bonds is 10. The van der Waals surface area contributed by atoms with Crippen LogP contribution >= 0.6 is 11.6 Å². The molecule has 5 heteroatoms. The third-order valence-corrected chi connectivity index (χ3v) is 7.40. The van der Waals surface area contributed by atoms with Gasteiger partial charge in [0.2, 0.25) is 0 Å². The molecule has 4 aromatic carbocycles. The summed E-state index contributed by atoms with van der Waals surface area (Å²) in [4.78, 5) is 23.3. The molecule has 0 fully saturated rings. The summed E-state index contributed by atoms with van der Waals surface area (Å²) in [6.45, 7) is 6.60. The molecule has 0 aliphatic rings. The third-order valence-electron chi connectivity index (χ3n) is 7.15. The van der Waals surface area contributed by atoms with E-state index in [1.165, 1.54) is 33.0 Å². The number of benzene rings is 4. The van der Waals surface area contributed by atoms with Crippen LogP contribution in [0, 0.1) is 13.8 Å². The predicted molar refractivity (Wildman–Crippen MR) is 155 cm³/mol. The highest BCUT2D eigenvalue weighted by Gasteiger charge is 2.27. The van der Waals surface area contributed by atoms with Crippen molar-refractivity contribution in [2.45, 2.75) is 51.9 Å². The Bertz CT molecular complexity index is 1430. The lowest BCUT2D eigenvalue weighted by molar-refractivity contribution is -0.136. The topological polar surface area (TPSA) is 66.4 Å². The second kappa shape index (κ2) is 12.3. The van der Waals surface area contributed by atoms with E-state index >= 15 is 0 Å². The van der Waals surface area contributed by atoms with E-state index < -0.39 is 5.97 Å². The van der Waals surface area contributed by atoms with Gasteiger partial charge in [-0.05, 0) is 83.5 Å². The molecule has 4 nitrogen and oxygen atoms in total. The van der Waals surface area contributed by atoms with Gasteiger partial charge >= 0.3 is 5.97 Å². The first-order valence-corrected chi connectivity index (χ1v) is 13.5. The minimum atomic E-state index is -0.935. The largest absolute Gasteiger partial charge is 0.481 e. The summed E-state index contributed by atoms with van der Waals surface area (Å²) in [6.07, 6.45) is 1.89. The minimum Gasteiger partial charge on any atom is -0.481 e. The molecule has 4 aromatic rings. The molecule has 2 N–H and O–H groups in total. The van der Waals surface area contributed by atoms with Gasteiger partial charge in [0, 0.05) is 23.0 Å². The molecule has 4 rings (SSSR count). The summed E-state index contributed by atoms with van der Waals surface area (Å²) >= 11 is 6.26. The van der Waals surface area contributed by atoms with E-state index in [0.717, 1.165) is 18.4 Å². The van der Waals surface area contributed by atoms with Crippen molar-refractivity contribution in [3.63, 3.8) is 0 Å². The van der Waals surface area contributed by atoms with E-state index in [0.29, 0.717) is 10.6 Å². The Morgan fingerprint density at radius 1 is 0.868 bits per heavy atom. The number of amides is 1. The lowest BCUT2D eigenvalue weighted by Crippen LogP contribution is -2.26. The second-order valence-electron chi connectivity index (χ2n) is 10.0. The van der Waals surface area contributed by atoms with Gasteiger partial charge in [0.25, 0.3) is 5.91 Å². The zero-order valence-corrected chi connectivity index (χ0v) is 22.9. The average molecular weight is 528 g/mol. The van der Waals surface area contributed by atoms with Crippen LogP contribution in [0.25, 0.3) is 10.8 Å². The molecular formula is C33H34ClNO3. The van der Waals surface area contributed by atoms with E-state index in [9.17, 15) is 9.59 Å². The number of fused-ring (bicyclic) bond motifs is 1. The van der Waals surface area contributed by atoms with Crippen molar-refractivity contribution >= 4 is 34.2 Å². The maximum atomic E-state index is 12.5. The van der Waals surface area contributed by atoms with Crippen molar-refractivity contribution in [3.8, 4) is 0 Å². The zero-order valence-electron chi connectivity index (χ0n) is 22.1. The smallest absolute Gasteiger partial charge is 0.305 e. The molecule has 1 amide bonds. The number of carboxylic acids is 1. The van der Waals surface area contributed by atoms with E-state index in [-0.39, 0.29) is 30.7 Å². The van der Waals surface area contributed by atoms with Crippen molar-refractivity contribution < 1.29 is 14.7 Å². The summed E-state index contributed by atoms with van der Waals surface area (Å²) in [7, 11) is 0. The van der Waals surface area contributed by atoms with Crippen LogP contribution in [-0.4, -0.2) is 23.5 Å². The SMILES string of the molecule is CCCC(c1ccc(C(=O)NCCC(=O)O)cc1)C(c1ccc(Cl)cc1)c1ccc2cc(C)cc(C)c2c1. The molecule has 0 aliphatic heterocycles. The summed E-state index contributed by atoms with van der Waals surface area (Å²) in [6, 6.07) is 27.1. The Morgan fingerprint density at radius 2 is 1.53 bits per heavy atom. The molecule has 0 saturated carbocycles. The summed E-state index contributed by atoms with van der Waals surface area (Å²) in [5, 5.41) is 14.7. The van der Waals surface area contributed by atoms with Gasteiger partial charge in [-0.2, -0.15) is 0 Å². The van der Waals surface area contributed by atoms with Crippen molar-refractivity contribution in [1.82, 2.24) is 5.32 Å². The van der Waals surface area contributed by atoms with Crippen LogP contribution in [0.1, 0.15) is 76.2 Å². The molecule has 0 bridgehead atoms. The highest BCUT2D eigenvalue weighted by atomic mass is 35.5. The maximum absolute atomic E-state index is 12.5. The lowest BCUT2D eigenvalue weighted by Gasteiger charge is -2.29. The number of carbonyl (C=O) groups is 2. The van der Waals surface area contributed by atoms with Gasteiger partial charge in [0.05, 0.1) is 6.42 Å². The normalized spacial score (nSPS) is 12.7. The van der Waals surface area contributed by atoms with Gasteiger partial charge in [-0.3, -0.25) is 9.59 Å². The van der Waals surface area contributed by atoms with Gasteiger partial charge in [0.15, 0.2) is 0 Å². The van der Waals surface area contributed by atoms with Crippen molar-refractivity contribution in [1.29, 1.82) is 0 Å². The van der Waals surface area contributed by atoms with Gasteiger partial charge in [-0.25, -0.2) is 0 Å². The molecule has 0 spiro atoms. The van der Waals surface area contributed by atoms with Crippen LogP contribution in [-0.2, 0) is 4.79 Å². The van der Waals surface area contributed by atoms with E-state index in [1.807, 2.05) is 36.4 Å². The summed E-state index contributed by atoms with van der Waals surface area (Å²) < 4.78 is 0. The highest BCUT2D eigenvalue weighted by Crippen LogP contribution is 2.42. The third kappa shape index (κ3) is 6.43. The average Bonchev–Trinajstić information content (AvgIpc) is 2.89. The van der Waals surface area contributed by atoms with Gasteiger partial charge in [-0.15, -0.1) is 0 Å². The Labute approximate surface area is 229 Å². The number of carbonyl (C=O) groups excluding carboxylic acids is 1. The molecule has 0 aromatic heterocycles. The number of halogens is 1. The number of hydrogen-bond donors (Lipinski definition) is 2. The molecule has 38 heavy (non-hydrogen) atoms. The monoisotopic (exact) mass is 527 g/mol. The quantitative estimate of drug-likeness (QED) is 0.219. The number of carboxylic acid groups (broad SMARTS) is 1. The van der Waals surface area contributed by atoms with Crippen LogP contribution in [0.3, 0.4) is 0 Å². The molecule has 196 valence electrons. The first-order valence-electron chi connectivity index (χ1n) is 13.1. The molecule has 0 saturated heterocycles. The molecule has 2 unspecified atom stereocenters. The maximum Gasteiger partial charge on any atom is 0.305 e. The Kier molecular flexibility index (Phi) is 8.85. The standard InChI is InChI=1S/C33H34ClNO3/c1-4-5-29(23-6-8-25(9-7-23)33(38)35-17-16-31(36)37)32(24-12-14-28(34)15-13-24)27-11-10-26-19-21(2)18-22(3)30(26)20-27/h6-15,18-20,29,32H,4-5,16-17H2,1-3H3,(H,35,38)(H,36,37). The molecule has 0 aliphatic carbocycles. The predicted octanol–water partition coefficient (Wildman–Crippen LogP) is 8.03. The Balaban J connectivity index is 1.74. The van der Waals surface area contributed by atoms with Gasteiger partial charge < -0.3 is 10.4 Å². The fourth-order valence-corrected chi connectivity index (χ4v) is 5.50. The number of nitrogens with one attached hydrogen (secondary N) is 1. The van der Waals surface area contributed by atoms with E-state index in [4.69, 9.17) is 16.7 Å². The van der Waals surface area contributed by atoms with Crippen LogP contribution < -0.4 is 5.32 Å². The fraction of sp³-hybridized carbons (Fsp3) is 0.273. The van der Waals surface area contributed by atoms with Gasteiger partial charge in [0.1, 0.15) is 0 Å². The Hall–Kier alpha value is -3.63. The van der Waals surface area contributed by atoms with Crippen molar-refractivity contribution in [2.75, 3.05) is 6.54 Å². The van der Waals surface area contributed by atoms with Crippen LogP contribution in [0.4, 0.5) is 0 Å². The minimum absolute atomic E-state index is 0.101. The Morgan fingerprint density at radius 3 is 2.18 bits per heavy atom. The number of aryl methyl sites for hydroxylation is 2. The summed E-state index contributed by atoms with van der Waals surface area (Å²) in [5.74, 6) is -0.907. The molecular weight excluding hydrogens is 494 g/mol. The first-order chi connectivity index (χ1) is 18.3. The fourth-order valence-electron chi connectivity index (χ4n) is 5.37. The van der Waals surface area contributed by atoms with Gasteiger partial charge in [-0.1, -0.05) is 85.1 Å². The van der Waals surface area contributed by atoms with Crippen molar-refractivity contribution in [3.05, 3.63) is 117 Å². The van der Waals surface area contributed by atoms with E-state index in [1.54, 1.807) is 0 Å². The van der Waals surface area contributed by atoms with Crippen LogP contribution in [0.15, 0.2) is 78.9 Å². The number of hydrogen-bond acceptors (Lipinski definition) is 2. The second-order valence-corrected chi connectivity index (χ2v) is 10.4. The molecule has 0 heterocycles. The lowest BCUT2D eigenvalue weighted by atomic mass is 9.74. The van der Waals surface area contributed by atoms with Crippen LogP contribution in [0.2, 0.25) is 5.02 Å². The number of aliphatic carboxylic acids is 1. The van der Waals surface area contributed by atoms with Crippen molar-refractivity contribution in [2.24, 2.45) is 0 Å². The molecule has 0 radical (unpaired) electrons.